The number of nitrogens with zero attached hydrogens (tertiary/aromatic N) is 1. The molecular weight excluding hydrogens is 290 g/mol. The molecule has 3 nitrogen and oxygen atoms in total. The predicted molar refractivity (Wildman–Crippen MR) is 73.9 cm³/mol. The van der Waals surface area contributed by atoms with Crippen LogP contribution in [0.15, 0.2) is 22.7 Å². The summed E-state index contributed by atoms with van der Waals surface area (Å²) < 4.78 is 18.6. The number of rotatable bonds is 4. The molecule has 0 spiro atoms. The van der Waals surface area contributed by atoms with Crippen LogP contribution in [-0.4, -0.2) is 11.2 Å². The normalized spacial score (nSPS) is 11.3. The average molecular weight is 303 g/mol. The zero-order chi connectivity index (χ0) is 14.0. The van der Waals surface area contributed by atoms with Gasteiger partial charge in [0.15, 0.2) is 5.76 Å². The van der Waals surface area contributed by atoms with Gasteiger partial charge in [-0.1, -0.05) is 42.2 Å². The van der Waals surface area contributed by atoms with Crippen molar-refractivity contribution in [2.45, 2.75) is 26.4 Å². The first-order valence-electron chi connectivity index (χ1n) is 5.81. The summed E-state index contributed by atoms with van der Waals surface area (Å²) in [7, 11) is 0. The molecule has 0 aliphatic rings. The summed E-state index contributed by atoms with van der Waals surface area (Å²) in [6, 6.07) is 4.66. The Kier molecular flexibility index (Phi) is 4.45. The van der Waals surface area contributed by atoms with Crippen LogP contribution in [0, 0.1) is 5.82 Å². The van der Waals surface area contributed by atoms with E-state index in [0.717, 1.165) is 5.69 Å². The summed E-state index contributed by atoms with van der Waals surface area (Å²) in [6.07, 6.45) is 0. The third kappa shape index (κ3) is 3.47. The van der Waals surface area contributed by atoms with E-state index in [1.54, 1.807) is 6.07 Å². The van der Waals surface area contributed by atoms with Gasteiger partial charge in [0.05, 0.1) is 15.7 Å². The monoisotopic (exact) mass is 302 g/mol. The first-order chi connectivity index (χ1) is 8.97. The number of benzene rings is 1. The largest absolute Gasteiger partial charge is 0.356 e. The van der Waals surface area contributed by atoms with Crippen molar-refractivity contribution >= 4 is 23.2 Å². The maximum absolute atomic E-state index is 13.4. The van der Waals surface area contributed by atoms with Crippen molar-refractivity contribution in [2.24, 2.45) is 0 Å². The van der Waals surface area contributed by atoms with Crippen LogP contribution in [0.25, 0.3) is 11.3 Å². The predicted octanol–water partition coefficient (Wildman–Crippen LogP) is 4.29. The number of nitrogens with one attached hydrogen (secondary N) is 1. The second-order valence-corrected chi connectivity index (χ2v) is 5.28. The van der Waals surface area contributed by atoms with Crippen LogP contribution in [0.1, 0.15) is 19.5 Å². The van der Waals surface area contributed by atoms with Crippen LogP contribution in [-0.2, 0) is 6.54 Å². The summed E-state index contributed by atoms with van der Waals surface area (Å²) in [4.78, 5) is 0. The van der Waals surface area contributed by atoms with Crippen LogP contribution < -0.4 is 5.32 Å². The fourth-order valence-corrected chi connectivity index (χ4v) is 2.02. The zero-order valence-electron chi connectivity index (χ0n) is 10.5. The molecule has 102 valence electrons. The number of hydrogen-bond donors (Lipinski definition) is 1. The number of aromatic nitrogens is 1. The van der Waals surface area contributed by atoms with E-state index in [1.165, 1.54) is 12.1 Å². The molecule has 0 unspecified atom stereocenters. The van der Waals surface area contributed by atoms with Crippen LogP contribution >= 0.6 is 23.2 Å². The van der Waals surface area contributed by atoms with Crippen molar-refractivity contribution in [2.75, 3.05) is 0 Å². The lowest BCUT2D eigenvalue weighted by molar-refractivity contribution is 0.417. The Morgan fingerprint density at radius 2 is 2.00 bits per heavy atom. The molecule has 0 saturated heterocycles. The third-order valence-corrected chi connectivity index (χ3v) is 3.13. The molecule has 1 heterocycles. The molecule has 0 radical (unpaired) electrons. The lowest BCUT2D eigenvalue weighted by atomic mass is 10.1. The Labute approximate surface area is 120 Å². The van der Waals surface area contributed by atoms with Crippen molar-refractivity contribution in [3.05, 3.63) is 39.8 Å². The smallest absolute Gasteiger partial charge is 0.168 e. The van der Waals surface area contributed by atoms with Crippen molar-refractivity contribution in [1.29, 1.82) is 0 Å². The van der Waals surface area contributed by atoms with Crippen LogP contribution in [0.5, 0.6) is 0 Å². The SMILES string of the molecule is CC(C)NCc1cc(-c2cc(F)c(Cl)cc2Cl)on1. The summed E-state index contributed by atoms with van der Waals surface area (Å²) in [5.74, 6) is -0.125. The number of hydrogen-bond acceptors (Lipinski definition) is 3. The van der Waals surface area contributed by atoms with E-state index in [1.807, 2.05) is 13.8 Å². The van der Waals surface area contributed by atoms with Crippen LogP contribution in [0.4, 0.5) is 4.39 Å². The number of halogens is 3. The summed E-state index contributed by atoms with van der Waals surface area (Å²) in [5.41, 5.74) is 1.17. The van der Waals surface area contributed by atoms with Crippen molar-refractivity contribution < 1.29 is 8.91 Å². The highest BCUT2D eigenvalue weighted by Gasteiger charge is 2.13. The molecule has 0 fully saturated rings. The van der Waals surface area contributed by atoms with Crippen LogP contribution in [0.3, 0.4) is 0 Å². The minimum absolute atomic E-state index is 0.0186. The molecular formula is C13H13Cl2FN2O. The van der Waals surface area contributed by atoms with E-state index in [4.69, 9.17) is 27.7 Å². The topological polar surface area (TPSA) is 38.1 Å². The van der Waals surface area contributed by atoms with E-state index < -0.39 is 5.82 Å². The van der Waals surface area contributed by atoms with Gasteiger partial charge in [0.2, 0.25) is 0 Å². The Morgan fingerprint density at radius 1 is 1.26 bits per heavy atom. The minimum Gasteiger partial charge on any atom is -0.356 e. The van der Waals surface area contributed by atoms with Crippen molar-refractivity contribution in [3.63, 3.8) is 0 Å². The fraction of sp³-hybridized carbons (Fsp3) is 0.308. The maximum atomic E-state index is 13.4. The van der Waals surface area contributed by atoms with Crippen molar-refractivity contribution in [1.82, 2.24) is 10.5 Å². The molecule has 1 N–H and O–H groups in total. The van der Waals surface area contributed by atoms with Gasteiger partial charge < -0.3 is 9.84 Å². The van der Waals surface area contributed by atoms with Gasteiger partial charge in [-0.05, 0) is 12.1 Å². The quantitative estimate of drug-likeness (QED) is 0.856. The van der Waals surface area contributed by atoms with Gasteiger partial charge in [-0.3, -0.25) is 0 Å². The molecule has 6 heteroatoms. The highest BCUT2D eigenvalue weighted by molar-refractivity contribution is 6.36. The molecule has 0 aliphatic carbocycles. The molecule has 19 heavy (non-hydrogen) atoms. The van der Waals surface area contributed by atoms with Gasteiger partial charge in [-0.25, -0.2) is 4.39 Å². The molecule has 1 aromatic carbocycles. The lowest BCUT2D eigenvalue weighted by Gasteiger charge is -2.04. The molecule has 1 aromatic heterocycles. The Balaban J connectivity index is 2.25. The highest BCUT2D eigenvalue weighted by Crippen LogP contribution is 2.32. The molecule has 0 atom stereocenters. The van der Waals surface area contributed by atoms with Gasteiger partial charge in [0, 0.05) is 24.2 Å². The summed E-state index contributed by atoms with van der Waals surface area (Å²) >= 11 is 11.7. The van der Waals surface area contributed by atoms with Crippen LogP contribution in [0.2, 0.25) is 10.0 Å². The third-order valence-electron chi connectivity index (χ3n) is 2.53. The van der Waals surface area contributed by atoms with Gasteiger partial charge in [-0.15, -0.1) is 0 Å². The van der Waals surface area contributed by atoms with E-state index in [2.05, 4.69) is 10.5 Å². The Hall–Kier alpha value is -1.10. The molecule has 2 aromatic rings. The standard InChI is InChI=1S/C13H13Cl2FN2O/c1-7(2)17-6-8-3-13(19-18-8)9-4-12(16)11(15)5-10(9)14/h3-5,7,17H,6H2,1-2H3. The minimum atomic E-state index is -0.542. The maximum Gasteiger partial charge on any atom is 0.168 e. The molecule has 2 rings (SSSR count). The first kappa shape index (κ1) is 14.3. The highest BCUT2D eigenvalue weighted by atomic mass is 35.5. The first-order valence-corrected chi connectivity index (χ1v) is 6.57. The van der Waals surface area contributed by atoms with E-state index in [-0.39, 0.29) is 5.02 Å². The molecule has 0 aliphatic heterocycles. The van der Waals surface area contributed by atoms with E-state index >= 15 is 0 Å². The van der Waals surface area contributed by atoms with Gasteiger partial charge in [-0.2, -0.15) is 0 Å². The van der Waals surface area contributed by atoms with E-state index in [0.29, 0.717) is 28.9 Å². The van der Waals surface area contributed by atoms with Gasteiger partial charge >= 0.3 is 0 Å². The molecule has 0 bridgehead atoms. The summed E-state index contributed by atoms with van der Waals surface area (Å²) in [6.45, 7) is 4.65. The molecule has 0 amide bonds. The molecule has 0 saturated carbocycles. The lowest BCUT2D eigenvalue weighted by Crippen LogP contribution is -2.21. The van der Waals surface area contributed by atoms with Crippen molar-refractivity contribution in [3.8, 4) is 11.3 Å². The second kappa shape index (κ2) is 5.90. The Bertz CT molecular complexity index is 584. The zero-order valence-corrected chi connectivity index (χ0v) is 12.0. The second-order valence-electron chi connectivity index (χ2n) is 4.46. The van der Waals surface area contributed by atoms with Gasteiger partial charge in [0.1, 0.15) is 5.82 Å². The van der Waals surface area contributed by atoms with Gasteiger partial charge in [0.25, 0.3) is 0 Å². The average Bonchev–Trinajstić information content (AvgIpc) is 2.80. The van der Waals surface area contributed by atoms with E-state index in [9.17, 15) is 4.39 Å². The fourth-order valence-electron chi connectivity index (χ4n) is 1.54. The summed E-state index contributed by atoms with van der Waals surface area (Å²) in [5, 5.41) is 7.42. The Morgan fingerprint density at radius 3 is 2.68 bits per heavy atom.